The molecule has 1 aliphatic heterocycles. The molecule has 0 radical (unpaired) electrons. The van der Waals surface area contributed by atoms with Crippen molar-refractivity contribution in [2.75, 3.05) is 10.6 Å². The summed E-state index contributed by atoms with van der Waals surface area (Å²) in [7, 11) is 0. The summed E-state index contributed by atoms with van der Waals surface area (Å²) in [6, 6.07) is 10.1. The number of nitrogens with two attached hydrogens (primary N) is 1. The Bertz CT molecular complexity index is 481. The highest BCUT2D eigenvalue weighted by atomic mass is 15.4. The Morgan fingerprint density at radius 2 is 2.00 bits per heavy atom. The van der Waals surface area contributed by atoms with Crippen LogP contribution < -0.4 is 15.6 Å². The molecule has 1 aliphatic rings. The smallest absolute Gasteiger partial charge is 0.287 e. The first-order chi connectivity index (χ1) is 6.86. The van der Waals surface area contributed by atoms with Crippen molar-refractivity contribution in [2.24, 2.45) is 0 Å². The van der Waals surface area contributed by atoms with E-state index in [1.807, 2.05) is 41.4 Å². The number of nitrogens with zero attached hydrogens (tertiary/aromatic N) is 2. The van der Waals surface area contributed by atoms with E-state index in [1.54, 1.807) is 0 Å². The van der Waals surface area contributed by atoms with Crippen molar-refractivity contribution in [3.8, 4) is 0 Å². The van der Waals surface area contributed by atoms with Crippen molar-refractivity contribution in [1.29, 1.82) is 0 Å². The molecule has 0 spiro atoms. The van der Waals surface area contributed by atoms with E-state index in [1.165, 1.54) is 0 Å². The molecule has 0 saturated heterocycles. The van der Waals surface area contributed by atoms with Crippen molar-refractivity contribution in [2.45, 2.75) is 0 Å². The lowest BCUT2D eigenvalue weighted by molar-refractivity contribution is -0.362. The van der Waals surface area contributed by atoms with Crippen LogP contribution in [-0.4, -0.2) is 4.98 Å². The number of benzene rings is 1. The van der Waals surface area contributed by atoms with Crippen LogP contribution in [-0.2, 0) is 0 Å². The molecule has 3 N–H and O–H groups in total. The topological polar surface area (TPSA) is 56.1 Å². The number of nitrogens with one attached hydrogen (secondary N) is 1. The molecule has 0 amide bonds. The number of rotatable bonds is 1. The summed E-state index contributed by atoms with van der Waals surface area (Å²) < 4.78 is 0. The molecule has 0 atom stereocenters. The second-order valence-corrected chi connectivity index (χ2v) is 3.17. The molecular formula is C10H9N4+. The Labute approximate surface area is 81.0 Å². The van der Waals surface area contributed by atoms with Gasteiger partial charge in [-0.25, -0.2) is 4.98 Å². The van der Waals surface area contributed by atoms with Crippen LogP contribution in [0.1, 0.15) is 0 Å². The zero-order valence-corrected chi connectivity index (χ0v) is 7.44. The molecule has 1 aromatic heterocycles. The van der Waals surface area contributed by atoms with Gasteiger partial charge in [-0.15, -0.1) is 0 Å². The van der Waals surface area contributed by atoms with Crippen LogP contribution in [0.25, 0.3) is 0 Å². The molecule has 4 nitrogen and oxygen atoms in total. The molecule has 14 heavy (non-hydrogen) atoms. The Balaban J connectivity index is 2.01. The summed E-state index contributed by atoms with van der Waals surface area (Å²) in [6.07, 6.45) is 1.87. The van der Waals surface area contributed by atoms with E-state index in [2.05, 4.69) is 9.97 Å². The Morgan fingerprint density at radius 1 is 1.21 bits per heavy atom. The van der Waals surface area contributed by atoms with Gasteiger partial charge in [-0.3, -0.25) is 10.6 Å². The number of hydrogen-bond donors (Lipinski definition) is 1. The van der Waals surface area contributed by atoms with Gasteiger partial charge in [0.2, 0.25) is 5.82 Å². The molecule has 0 saturated carbocycles. The SMILES string of the molecule is Nc1nc2c(c[nH+]1)N2c1ccccc1. The van der Waals surface area contributed by atoms with Gasteiger partial charge in [0.25, 0.3) is 0 Å². The van der Waals surface area contributed by atoms with Crippen LogP contribution in [0.5, 0.6) is 0 Å². The van der Waals surface area contributed by atoms with Crippen LogP contribution in [0, 0.1) is 0 Å². The number of aromatic amines is 1. The fourth-order valence-electron chi connectivity index (χ4n) is 1.53. The van der Waals surface area contributed by atoms with Gasteiger partial charge in [-0.2, -0.15) is 0 Å². The fourth-order valence-corrected chi connectivity index (χ4v) is 1.53. The molecular weight excluding hydrogens is 176 g/mol. The number of aromatic nitrogens is 2. The van der Waals surface area contributed by atoms with Crippen LogP contribution in [0.15, 0.2) is 36.5 Å². The lowest BCUT2D eigenvalue weighted by Crippen LogP contribution is -2.08. The normalized spacial score (nSPS) is 12.4. The summed E-state index contributed by atoms with van der Waals surface area (Å²) in [5, 5.41) is 0. The molecule has 4 heteroatoms. The molecule has 1 aromatic carbocycles. The standard InChI is InChI=1S/C10H8N4/c11-10-12-6-8-9(13-10)14(8)7-4-2-1-3-5-7/h1-6H,(H2,11,12,13)/p+1. The predicted molar refractivity (Wildman–Crippen MR) is 53.4 cm³/mol. The monoisotopic (exact) mass is 185 g/mol. The van der Waals surface area contributed by atoms with E-state index in [0.29, 0.717) is 5.95 Å². The molecule has 68 valence electrons. The minimum Gasteiger partial charge on any atom is -0.287 e. The maximum absolute atomic E-state index is 5.54. The molecule has 2 heterocycles. The highest BCUT2D eigenvalue weighted by molar-refractivity contribution is 5.97. The van der Waals surface area contributed by atoms with E-state index in [0.717, 1.165) is 17.2 Å². The van der Waals surface area contributed by atoms with Crippen LogP contribution >= 0.6 is 0 Å². The van der Waals surface area contributed by atoms with Crippen LogP contribution in [0.3, 0.4) is 0 Å². The van der Waals surface area contributed by atoms with Gasteiger partial charge in [0.15, 0.2) is 0 Å². The molecule has 0 bridgehead atoms. The van der Waals surface area contributed by atoms with Crippen molar-refractivity contribution in [3.05, 3.63) is 36.5 Å². The highest BCUT2D eigenvalue weighted by Gasteiger charge is 2.37. The quantitative estimate of drug-likeness (QED) is 0.581. The Kier molecular flexibility index (Phi) is 1.28. The summed E-state index contributed by atoms with van der Waals surface area (Å²) in [5.74, 6) is 1.38. The van der Waals surface area contributed by atoms with Crippen molar-refractivity contribution < 1.29 is 4.98 Å². The van der Waals surface area contributed by atoms with Gasteiger partial charge in [-0.1, -0.05) is 23.2 Å². The van der Waals surface area contributed by atoms with Crippen molar-refractivity contribution >= 4 is 23.1 Å². The number of para-hydroxylation sites is 1. The fraction of sp³-hybridized carbons (Fsp3) is 0. The molecule has 3 rings (SSSR count). The Morgan fingerprint density at radius 3 is 2.71 bits per heavy atom. The van der Waals surface area contributed by atoms with Gasteiger partial charge in [0.1, 0.15) is 5.69 Å². The largest absolute Gasteiger partial charge is 0.389 e. The van der Waals surface area contributed by atoms with E-state index in [-0.39, 0.29) is 0 Å². The molecule has 0 fully saturated rings. The maximum Gasteiger partial charge on any atom is 0.389 e. The lowest BCUT2D eigenvalue weighted by Gasteiger charge is -1.98. The van der Waals surface area contributed by atoms with Crippen LogP contribution in [0.4, 0.5) is 23.1 Å². The number of hydrogen-bond acceptors (Lipinski definition) is 3. The second-order valence-electron chi connectivity index (χ2n) is 3.17. The molecule has 0 aliphatic carbocycles. The van der Waals surface area contributed by atoms with E-state index < -0.39 is 0 Å². The molecule has 2 aromatic rings. The summed E-state index contributed by atoms with van der Waals surface area (Å²) in [4.78, 5) is 9.10. The number of nitrogen functional groups attached to an aromatic ring is 1. The van der Waals surface area contributed by atoms with E-state index >= 15 is 0 Å². The molecule has 0 unspecified atom stereocenters. The minimum atomic E-state index is 0.446. The van der Waals surface area contributed by atoms with E-state index in [9.17, 15) is 0 Å². The average Bonchev–Trinajstić information content (AvgIpc) is 2.92. The highest BCUT2D eigenvalue weighted by Crippen LogP contribution is 2.50. The zero-order chi connectivity index (χ0) is 9.54. The number of anilines is 4. The van der Waals surface area contributed by atoms with Crippen molar-refractivity contribution in [1.82, 2.24) is 4.98 Å². The zero-order valence-electron chi connectivity index (χ0n) is 7.44. The third kappa shape index (κ3) is 0.939. The Hall–Kier alpha value is -2.10. The first-order valence-corrected chi connectivity index (χ1v) is 4.39. The minimum absolute atomic E-state index is 0.446. The van der Waals surface area contributed by atoms with E-state index in [4.69, 9.17) is 5.73 Å². The van der Waals surface area contributed by atoms with Crippen LogP contribution in [0.2, 0.25) is 0 Å². The van der Waals surface area contributed by atoms with Gasteiger partial charge in [-0.05, 0) is 12.1 Å². The first kappa shape index (κ1) is 7.32. The maximum atomic E-state index is 5.54. The third-order valence-corrected chi connectivity index (χ3v) is 2.23. The van der Waals surface area contributed by atoms with Crippen molar-refractivity contribution in [3.63, 3.8) is 0 Å². The lowest BCUT2D eigenvalue weighted by atomic mass is 10.3. The number of H-pyrrole nitrogens is 1. The summed E-state index contributed by atoms with van der Waals surface area (Å²) in [5.41, 5.74) is 7.75. The second kappa shape index (κ2) is 2.45. The van der Waals surface area contributed by atoms with Gasteiger partial charge < -0.3 is 0 Å². The number of fused-ring (bicyclic) bond motifs is 1. The summed E-state index contributed by atoms with van der Waals surface area (Å²) in [6.45, 7) is 0. The van der Waals surface area contributed by atoms with Gasteiger partial charge in [0, 0.05) is 5.69 Å². The first-order valence-electron chi connectivity index (χ1n) is 4.39. The summed E-state index contributed by atoms with van der Waals surface area (Å²) >= 11 is 0. The van der Waals surface area contributed by atoms with Gasteiger partial charge >= 0.3 is 5.95 Å². The van der Waals surface area contributed by atoms with Gasteiger partial charge in [0.05, 0.1) is 6.20 Å². The third-order valence-electron chi connectivity index (χ3n) is 2.23. The predicted octanol–water partition coefficient (Wildman–Crippen LogP) is 1.26. The average molecular weight is 185 g/mol.